The van der Waals surface area contributed by atoms with E-state index in [9.17, 15) is 9.90 Å². The molecule has 0 aromatic heterocycles. The van der Waals surface area contributed by atoms with Gasteiger partial charge in [0.1, 0.15) is 0 Å². The molecule has 9 heavy (non-hydrogen) atoms. The average Bonchev–Trinajstić information content (AvgIpc) is 1.90. The van der Waals surface area contributed by atoms with Gasteiger partial charge in [0.15, 0.2) is 0 Å². The Morgan fingerprint density at radius 2 is 2.33 bits per heavy atom. The van der Waals surface area contributed by atoms with Gasteiger partial charge in [-0.15, -0.1) is 0 Å². The second kappa shape index (κ2) is 2.67. The molecule has 0 aromatic rings. The van der Waals surface area contributed by atoms with Crippen LogP contribution in [0.1, 0.15) is 19.3 Å². The van der Waals surface area contributed by atoms with Crippen LogP contribution in [0, 0.1) is 5.92 Å². The number of carbonyl (C=O) groups is 1. The van der Waals surface area contributed by atoms with Gasteiger partial charge in [0.25, 0.3) is 0 Å². The lowest BCUT2D eigenvalue weighted by atomic mass is 9.95. The lowest BCUT2D eigenvalue weighted by Crippen LogP contribution is -2.31. The zero-order chi connectivity index (χ0) is 6.69. The van der Waals surface area contributed by atoms with E-state index in [1.807, 2.05) is 12.2 Å². The van der Waals surface area contributed by atoms with Gasteiger partial charge in [-0.25, -0.2) is 0 Å². The number of carboxylic acids is 1. The largest absolute Gasteiger partial charge is 0.550 e. The van der Waals surface area contributed by atoms with E-state index in [0.29, 0.717) is 6.42 Å². The van der Waals surface area contributed by atoms with E-state index in [1.165, 1.54) is 0 Å². The van der Waals surface area contributed by atoms with Crippen molar-refractivity contribution in [2.24, 2.45) is 5.92 Å². The van der Waals surface area contributed by atoms with Gasteiger partial charge < -0.3 is 9.90 Å². The molecule has 0 N–H and O–H groups in total. The predicted molar refractivity (Wildman–Crippen MR) is 31.5 cm³/mol. The van der Waals surface area contributed by atoms with Crippen LogP contribution in [0.2, 0.25) is 0 Å². The van der Waals surface area contributed by atoms with Gasteiger partial charge in [-0.3, -0.25) is 0 Å². The van der Waals surface area contributed by atoms with Gasteiger partial charge in [-0.2, -0.15) is 0 Å². The summed E-state index contributed by atoms with van der Waals surface area (Å²) in [7, 11) is 0. The number of rotatable bonds is 1. The van der Waals surface area contributed by atoms with Crippen molar-refractivity contribution in [3.8, 4) is 0 Å². The number of aliphatic carboxylic acids is 1. The van der Waals surface area contributed by atoms with Gasteiger partial charge in [-0.05, 0) is 19.3 Å². The standard InChI is InChI=1S/C7H10O2/c8-7(9)6-4-2-1-3-5-6/h1-2,6H,3-5H2,(H,8,9)/p-1. The van der Waals surface area contributed by atoms with Crippen molar-refractivity contribution < 1.29 is 9.90 Å². The van der Waals surface area contributed by atoms with Crippen molar-refractivity contribution in [1.82, 2.24) is 0 Å². The van der Waals surface area contributed by atoms with Crippen molar-refractivity contribution in [3.05, 3.63) is 12.2 Å². The highest BCUT2D eigenvalue weighted by Crippen LogP contribution is 2.16. The summed E-state index contributed by atoms with van der Waals surface area (Å²) in [5.74, 6) is -1.13. The second-order valence-electron chi connectivity index (χ2n) is 2.30. The van der Waals surface area contributed by atoms with E-state index in [4.69, 9.17) is 0 Å². The molecule has 1 atom stereocenters. The normalized spacial score (nSPS) is 26.0. The second-order valence-corrected chi connectivity index (χ2v) is 2.30. The maximum Gasteiger partial charge on any atom is 0.0448 e. The molecule has 0 heterocycles. The fourth-order valence-electron chi connectivity index (χ4n) is 1.01. The molecule has 1 unspecified atom stereocenters. The van der Waals surface area contributed by atoms with Crippen LogP contribution in [0.15, 0.2) is 12.2 Å². The van der Waals surface area contributed by atoms with Crippen LogP contribution in [0.25, 0.3) is 0 Å². The predicted octanol–water partition coefficient (Wildman–Crippen LogP) is 0.0926. The van der Waals surface area contributed by atoms with Crippen LogP contribution in [-0.2, 0) is 4.79 Å². The van der Waals surface area contributed by atoms with Crippen LogP contribution in [0.3, 0.4) is 0 Å². The lowest BCUT2D eigenvalue weighted by Gasteiger charge is -2.17. The first-order valence-corrected chi connectivity index (χ1v) is 3.16. The summed E-state index contributed by atoms with van der Waals surface area (Å²) in [4.78, 5) is 10.2. The van der Waals surface area contributed by atoms with Crippen molar-refractivity contribution in [1.29, 1.82) is 0 Å². The van der Waals surface area contributed by atoms with Gasteiger partial charge in [0.05, 0.1) is 0 Å². The topological polar surface area (TPSA) is 40.1 Å². The minimum atomic E-state index is -0.903. The van der Waals surface area contributed by atoms with Crippen molar-refractivity contribution in [2.45, 2.75) is 19.3 Å². The molecule has 0 fully saturated rings. The highest BCUT2D eigenvalue weighted by atomic mass is 16.4. The summed E-state index contributed by atoms with van der Waals surface area (Å²) in [5, 5.41) is 10.2. The summed E-state index contributed by atoms with van der Waals surface area (Å²) < 4.78 is 0. The summed E-state index contributed by atoms with van der Waals surface area (Å²) in [5.41, 5.74) is 0. The van der Waals surface area contributed by atoms with Crippen LogP contribution in [0.5, 0.6) is 0 Å². The molecule has 2 nitrogen and oxygen atoms in total. The molecule has 0 amide bonds. The molecule has 0 bridgehead atoms. The third-order valence-electron chi connectivity index (χ3n) is 1.60. The number of hydrogen-bond acceptors (Lipinski definition) is 2. The molecule has 0 spiro atoms. The van der Waals surface area contributed by atoms with E-state index in [-0.39, 0.29) is 5.92 Å². The van der Waals surface area contributed by atoms with E-state index < -0.39 is 5.97 Å². The summed E-state index contributed by atoms with van der Waals surface area (Å²) in [6.45, 7) is 0. The SMILES string of the molecule is O=C([O-])C1CC=CCC1. The molecule has 0 saturated heterocycles. The average molecular weight is 125 g/mol. The van der Waals surface area contributed by atoms with Crippen LogP contribution < -0.4 is 5.11 Å². The smallest absolute Gasteiger partial charge is 0.0448 e. The quantitative estimate of drug-likeness (QED) is 0.466. The van der Waals surface area contributed by atoms with Crippen LogP contribution in [0.4, 0.5) is 0 Å². The first kappa shape index (κ1) is 6.33. The molecular formula is C7H9O2-. The molecule has 0 aliphatic heterocycles. The van der Waals surface area contributed by atoms with E-state index >= 15 is 0 Å². The van der Waals surface area contributed by atoms with E-state index in [2.05, 4.69) is 0 Å². The third kappa shape index (κ3) is 1.56. The van der Waals surface area contributed by atoms with Gasteiger partial charge in [0.2, 0.25) is 0 Å². The van der Waals surface area contributed by atoms with Crippen molar-refractivity contribution >= 4 is 5.97 Å². The Hall–Kier alpha value is -0.790. The molecule has 50 valence electrons. The van der Waals surface area contributed by atoms with Gasteiger partial charge in [-0.1, -0.05) is 12.2 Å². The molecule has 2 heteroatoms. The Labute approximate surface area is 54.2 Å². The first-order valence-electron chi connectivity index (χ1n) is 3.16. The number of hydrogen-bond donors (Lipinski definition) is 0. The van der Waals surface area contributed by atoms with Crippen molar-refractivity contribution in [2.75, 3.05) is 0 Å². The number of carbonyl (C=O) groups excluding carboxylic acids is 1. The maximum absolute atomic E-state index is 10.2. The Kier molecular flexibility index (Phi) is 1.88. The van der Waals surface area contributed by atoms with E-state index in [0.717, 1.165) is 12.8 Å². The molecule has 0 radical (unpaired) electrons. The Morgan fingerprint density at radius 1 is 1.56 bits per heavy atom. The summed E-state index contributed by atoms with van der Waals surface area (Å²) >= 11 is 0. The molecule has 1 aliphatic rings. The highest BCUT2D eigenvalue weighted by molar-refractivity contribution is 5.68. The van der Waals surface area contributed by atoms with Gasteiger partial charge >= 0.3 is 0 Å². The van der Waals surface area contributed by atoms with E-state index in [1.54, 1.807) is 0 Å². The monoisotopic (exact) mass is 125 g/mol. The first-order chi connectivity index (χ1) is 4.30. The zero-order valence-corrected chi connectivity index (χ0v) is 5.17. The number of allylic oxidation sites excluding steroid dienone is 2. The zero-order valence-electron chi connectivity index (χ0n) is 5.17. The number of carboxylic acid groups (broad SMARTS) is 1. The summed E-state index contributed by atoms with van der Waals surface area (Å²) in [6.07, 6.45) is 6.21. The molecule has 1 aliphatic carbocycles. The molecular weight excluding hydrogens is 116 g/mol. The Morgan fingerprint density at radius 3 is 2.67 bits per heavy atom. The Bertz CT molecular complexity index is 138. The van der Waals surface area contributed by atoms with Crippen LogP contribution in [-0.4, -0.2) is 5.97 Å². The highest BCUT2D eigenvalue weighted by Gasteiger charge is 2.09. The lowest BCUT2D eigenvalue weighted by molar-refractivity contribution is -0.311. The molecule has 0 aromatic carbocycles. The minimum Gasteiger partial charge on any atom is -0.550 e. The fourth-order valence-corrected chi connectivity index (χ4v) is 1.01. The fraction of sp³-hybridized carbons (Fsp3) is 0.571. The van der Waals surface area contributed by atoms with Gasteiger partial charge in [0, 0.05) is 11.9 Å². The Balaban J connectivity index is 2.44. The minimum absolute atomic E-state index is 0.227. The van der Waals surface area contributed by atoms with Crippen LogP contribution >= 0.6 is 0 Å². The maximum atomic E-state index is 10.2. The third-order valence-corrected chi connectivity index (χ3v) is 1.60. The van der Waals surface area contributed by atoms with Crippen molar-refractivity contribution in [3.63, 3.8) is 0 Å². The summed E-state index contributed by atoms with van der Waals surface area (Å²) in [6, 6.07) is 0. The molecule has 1 rings (SSSR count). The molecule has 0 saturated carbocycles.